The van der Waals surface area contributed by atoms with Crippen LogP contribution in [0.25, 0.3) is 0 Å². The molecule has 2 aromatic heterocycles. The molecule has 2 atom stereocenters. The van der Waals surface area contributed by atoms with Gasteiger partial charge in [0.25, 0.3) is 0 Å². The second-order valence-electron chi connectivity index (χ2n) is 7.03. The van der Waals surface area contributed by atoms with Crippen LogP contribution >= 0.6 is 27.3 Å². The van der Waals surface area contributed by atoms with Crippen molar-refractivity contribution in [3.8, 4) is 0 Å². The van der Waals surface area contributed by atoms with E-state index < -0.39 is 16.1 Å². The number of hydrogen-bond acceptors (Lipinski definition) is 9. The third-order valence-corrected chi connectivity index (χ3v) is 7.34. The molecule has 0 saturated heterocycles. The second kappa shape index (κ2) is 10.6. The summed E-state index contributed by atoms with van der Waals surface area (Å²) in [5.74, 6) is 1.04. The van der Waals surface area contributed by atoms with Gasteiger partial charge in [0.05, 0.1) is 23.4 Å². The van der Waals surface area contributed by atoms with Crippen molar-refractivity contribution in [2.75, 3.05) is 23.8 Å². The molecule has 2 heterocycles. The van der Waals surface area contributed by atoms with Crippen LogP contribution in [0.4, 0.5) is 17.5 Å². The Labute approximate surface area is 183 Å². The summed E-state index contributed by atoms with van der Waals surface area (Å²) in [6.45, 7) is 5.43. The standard InChI is InChI=1S/C17H26BrN5O4S2/c1-10(2)4-12(8-25)23-29(26,27)15-5-13(9-28-15)21-17-19-6-14(18)16(22-17)20-11(3)7-24/h5-6,9-12,23-25H,4,7-8H2,1-3H3,(H2,19,20,21,22)/t11-,12+/m1/s1. The first-order valence-electron chi connectivity index (χ1n) is 9.03. The maximum atomic E-state index is 12.6. The number of aromatic nitrogens is 2. The molecule has 12 heteroatoms. The second-order valence-corrected chi connectivity index (χ2v) is 10.7. The molecule has 0 aliphatic heterocycles. The highest BCUT2D eigenvalue weighted by molar-refractivity contribution is 9.10. The molecular weight excluding hydrogens is 482 g/mol. The zero-order chi connectivity index (χ0) is 21.6. The predicted octanol–water partition coefficient (Wildman–Crippen LogP) is 2.52. The summed E-state index contributed by atoms with van der Waals surface area (Å²) in [7, 11) is -3.74. The highest BCUT2D eigenvalue weighted by Crippen LogP contribution is 2.27. The van der Waals surface area contributed by atoms with Crippen molar-refractivity contribution >= 4 is 54.7 Å². The third kappa shape index (κ3) is 7.15. The van der Waals surface area contributed by atoms with Crippen molar-refractivity contribution in [2.45, 2.75) is 43.5 Å². The molecule has 0 aliphatic rings. The van der Waals surface area contributed by atoms with Gasteiger partial charge in [0.2, 0.25) is 16.0 Å². The Morgan fingerprint density at radius 2 is 1.97 bits per heavy atom. The van der Waals surface area contributed by atoms with E-state index in [0.717, 1.165) is 11.3 Å². The van der Waals surface area contributed by atoms with E-state index in [1.165, 1.54) is 6.07 Å². The molecule has 0 bridgehead atoms. The number of thiophene rings is 1. The van der Waals surface area contributed by atoms with Crippen LogP contribution in [0.3, 0.4) is 0 Å². The van der Waals surface area contributed by atoms with Crippen molar-refractivity contribution in [1.82, 2.24) is 14.7 Å². The largest absolute Gasteiger partial charge is 0.395 e. The number of aliphatic hydroxyl groups is 2. The first-order valence-corrected chi connectivity index (χ1v) is 12.2. The number of nitrogens with zero attached hydrogens (tertiary/aromatic N) is 2. The molecule has 0 saturated carbocycles. The maximum absolute atomic E-state index is 12.6. The van der Waals surface area contributed by atoms with E-state index in [4.69, 9.17) is 0 Å². The Bertz CT molecular complexity index is 907. The topological polar surface area (TPSA) is 136 Å². The van der Waals surface area contributed by atoms with Gasteiger partial charge in [0.1, 0.15) is 10.0 Å². The summed E-state index contributed by atoms with van der Waals surface area (Å²) in [6.07, 6.45) is 2.10. The summed E-state index contributed by atoms with van der Waals surface area (Å²) >= 11 is 4.41. The van der Waals surface area contributed by atoms with Crippen molar-refractivity contribution < 1.29 is 18.6 Å². The highest BCUT2D eigenvalue weighted by atomic mass is 79.9. The molecule has 5 N–H and O–H groups in total. The number of hydrogen-bond donors (Lipinski definition) is 5. The summed E-state index contributed by atoms with van der Waals surface area (Å²) < 4.78 is 28.5. The van der Waals surface area contributed by atoms with Gasteiger partial charge in [-0.2, -0.15) is 4.98 Å². The summed E-state index contributed by atoms with van der Waals surface area (Å²) in [4.78, 5) is 8.50. The molecule has 9 nitrogen and oxygen atoms in total. The first kappa shape index (κ1) is 24.0. The molecule has 0 fully saturated rings. The molecule has 29 heavy (non-hydrogen) atoms. The monoisotopic (exact) mass is 507 g/mol. The van der Waals surface area contributed by atoms with Crippen molar-refractivity contribution in [3.63, 3.8) is 0 Å². The molecule has 0 aliphatic carbocycles. The minimum Gasteiger partial charge on any atom is -0.395 e. The average molecular weight is 508 g/mol. The maximum Gasteiger partial charge on any atom is 0.250 e. The van der Waals surface area contributed by atoms with Crippen LogP contribution in [0.5, 0.6) is 0 Å². The number of halogens is 1. The number of aliphatic hydroxyl groups excluding tert-OH is 2. The molecule has 2 rings (SSSR count). The summed E-state index contributed by atoms with van der Waals surface area (Å²) in [5, 5.41) is 26.3. The van der Waals surface area contributed by atoms with Gasteiger partial charge in [-0.3, -0.25) is 0 Å². The number of nitrogens with one attached hydrogen (secondary N) is 3. The van der Waals surface area contributed by atoms with Crippen molar-refractivity contribution in [3.05, 3.63) is 22.1 Å². The molecule has 0 spiro atoms. The minimum atomic E-state index is -3.74. The van der Waals surface area contributed by atoms with Gasteiger partial charge in [-0.15, -0.1) is 11.3 Å². The van der Waals surface area contributed by atoms with E-state index in [9.17, 15) is 18.6 Å². The lowest BCUT2D eigenvalue weighted by atomic mass is 10.1. The van der Waals surface area contributed by atoms with E-state index in [1.54, 1.807) is 11.6 Å². The van der Waals surface area contributed by atoms with E-state index in [0.29, 0.717) is 22.4 Å². The smallest absolute Gasteiger partial charge is 0.250 e. The lowest BCUT2D eigenvalue weighted by Crippen LogP contribution is -2.38. The van der Waals surface area contributed by atoms with Gasteiger partial charge in [-0.05, 0) is 41.3 Å². The Kier molecular flexibility index (Phi) is 8.79. The lowest BCUT2D eigenvalue weighted by Gasteiger charge is -2.17. The molecule has 0 radical (unpaired) electrons. The average Bonchev–Trinajstić information content (AvgIpc) is 3.12. The van der Waals surface area contributed by atoms with Gasteiger partial charge in [-0.1, -0.05) is 13.8 Å². The SMILES string of the molecule is CC(C)C[C@@H](CO)NS(=O)(=O)c1cc(Nc2ncc(Br)c(N[C@H](C)CO)n2)cs1. The minimum absolute atomic E-state index is 0.0520. The quantitative estimate of drug-likeness (QED) is 0.312. The van der Waals surface area contributed by atoms with Crippen LogP contribution in [0.1, 0.15) is 27.2 Å². The molecule has 0 aromatic carbocycles. The van der Waals surface area contributed by atoms with E-state index >= 15 is 0 Å². The number of rotatable bonds is 11. The zero-order valence-corrected chi connectivity index (χ0v) is 19.6. The molecule has 2 aromatic rings. The fourth-order valence-corrected chi connectivity index (χ4v) is 5.14. The van der Waals surface area contributed by atoms with E-state index in [1.807, 2.05) is 20.8 Å². The van der Waals surface area contributed by atoms with Crippen molar-refractivity contribution in [1.29, 1.82) is 0 Å². The fourth-order valence-electron chi connectivity index (χ4n) is 2.47. The van der Waals surface area contributed by atoms with Gasteiger partial charge in [-0.25, -0.2) is 18.1 Å². The fraction of sp³-hybridized carbons (Fsp3) is 0.529. The molecule has 0 amide bonds. The normalized spacial score (nSPS) is 14.0. The Hall–Kier alpha value is -1.31. The lowest BCUT2D eigenvalue weighted by molar-refractivity contribution is 0.240. The van der Waals surface area contributed by atoms with Crippen LogP contribution in [-0.2, 0) is 10.0 Å². The Balaban J connectivity index is 2.13. The summed E-state index contributed by atoms with van der Waals surface area (Å²) in [6, 6.07) is 0.768. The zero-order valence-electron chi connectivity index (χ0n) is 16.4. The molecular formula is C17H26BrN5O4S2. The third-order valence-electron chi connectivity index (χ3n) is 3.80. The highest BCUT2D eigenvalue weighted by Gasteiger charge is 2.22. The van der Waals surface area contributed by atoms with Crippen LogP contribution in [-0.4, -0.2) is 53.9 Å². The number of anilines is 3. The van der Waals surface area contributed by atoms with E-state index in [2.05, 4.69) is 41.3 Å². The van der Waals surface area contributed by atoms with Gasteiger partial charge >= 0.3 is 0 Å². The van der Waals surface area contributed by atoms with Gasteiger partial charge < -0.3 is 20.8 Å². The molecule has 0 unspecified atom stereocenters. The van der Waals surface area contributed by atoms with Crippen LogP contribution in [0.15, 0.2) is 26.3 Å². The molecule has 162 valence electrons. The Morgan fingerprint density at radius 1 is 1.24 bits per heavy atom. The van der Waals surface area contributed by atoms with Gasteiger partial charge in [0.15, 0.2) is 0 Å². The van der Waals surface area contributed by atoms with Crippen LogP contribution < -0.4 is 15.4 Å². The summed E-state index contributed by atoms with van der Waals surface area (Å²) in [5.41, 5.74) is 0.531. The van der Waals surface area contributed by atoms with E-state index in [-0.39, 0.29) is 35.3 Å². The Morgan fingerprint density at radius 3 is 2.59 bits per heavy atom. The van der Waals surface area contributed by atoms with Crippen LogP contribution in [0, 0.1) is 5.92 Å². The van der Waals surface area contributed by atoms with Crippen LogP contribution in [0.2, 0.25) is 0 Å². The first-order chi connectivity index (χ1) is 13.6. The number of sulfonamides is 1. The predicted molar refractivity (Wildman–Crippen MR) is 118 cm³/mol. The van der Waals surface area contributed by atoms with Crippen molar-refractivity contribution in [2.24, 2.45) is 5.92 Å². The van der Waals surface area contributed by atoms with Gasteiger partial charge in [0, 0.05) is 23.7 Å².